The first-order valence-electron chi connectivity index (χ1n) is 10.6. The fourth-order valence-corrected chi connectivity index (χ4v) is 4.81. The average molecular weight is 470 g/mol. The Morgan fingerprint density at radius 2 is 1.88 bits per heavy atom. The van der Waals surface area contributed by atoms with Crippen LogP contribution in [0.5, 0.6) is 11.5 Å². The van der Waals surface area contributed by atoms with E-state index >= 15 is 0 Å². The molecule has 3 heterocycles. The highest BCUT2D eigenvalue weighted by atomic mass is 35.5. The van der Waals surface area contributed by atoms with Crippen LogP contribution in [0.3, 0.4) is 0 Å². The molecule has 0 spiro atoms. The van der Waals surface area contributed by atoms with Gasteiger partial charge >= 0.3 is 6.03 Å². The highest BCUT2D eigenvalue weighted by Crippen LogP contribution is 2.38. The molecule has 0 aliphatic carbocycles. The van der Waals surface area contributed by atoms with E-state index in [0.29, 0.717) is 35.6 Å². The lowest BCUT2D eigenvalue weighted by Crippen LogP contribution is -2.64. The van der Waals surface area contributed by atoms with Crippen LogP contribution in [0.2, 0.25) is 5.02 Å². The van der Waals surface area contributed by atoms with Gasteiger partial charge in [-0.3, -0.25) is 9.69 Å². The Bertz CT molecular complexity index is 1160. The largest absolute Gasteiger partial charge is 0.497 e. The Kier molecular flexibility index (Phi) is 5.28. The highest BCUT2D eigenvalue weighted by Gasteiger charge is 2.54. The number of guanidine groups is 1. The first-order chi connectivity index (χ1) is 15.9. The van der Waals surface area contributed by atoms with Crippen molar-refractivity contribution in [2.45, 2.75) is 18.8 Å². The molecule has 0 aromatic heterocycles. The van der Waals surface area contributed by atoms with Gasteiger partial charge in [0.2, 0.25) is 5.96 Å². The number of halogens is 1. The van der Waals surface area contributed by atoms with Crippen LogP contribution in [0.25, 0.3) is 0 Å². The molecule has 2 aromatic rings. The molecule has 33 heavy (non-hydrogen) atoms. The Morgan fingerprint density at radius 3 is 2.61 bits per heavy atom. The van der Waals surface area contributed by atoms with Gasteiger partial charge < -0.3 is 24.2 Å². The molecule has 0 radical (unpaired) electrons. The number of likely N-dealkylation sites (N-methyl/N-ethyl adjacent to an activating group) is 1. The van der Waals surface area contributed by atoms with E-state index in [0.717, 1.165) is 11.3 Å². The van der Waals surface area contributed by atoms with Gasteiger partial charge in [-0.05, 0) is 23.8 Å². The molecule has 0 bridgehead atoms. The molecule has 172 valence electrons. The maximum Gasteiger partial charge on any atom is 0.328 e. The minimum atomic E-state index is -0.588. The fraction of sp³-hybridized carbons (Fsp3) is 0.348. The van der Waals surface area contributed by atoms with Gasteiger partial charge in [-0.15, -0.1) is 0 Å². The number of anilines is 1. The summed E-state index contributed by atoms with van der Waals surface area (Å²) in [4.78, 5) is 38.2. The fourth-order valence-electron chi connectivity index (χ4n) is 4.62. The normalized spacial score (nSPS) is 21.9. The third kappa shape index (κ3) is 3.34. The number of carbonyl (C=O) groups is 2. The van der Waals surface area contributed by atoms with Crippen LogP contribution < -0.4 is 14.4 Å². The van der Waals surface area contributed by atoms with Crippen molar-refractivity contribution in [2.75, 3.05) is 39.3 Å². The quantitative estimate of drug-likeness (QED) is 0.670. The van der Waals surface area contributed by atoms with E-state index in [-0.39, 0.29) is 18.5 Å². The van der Waals surface area contributed by atoms with Gasteiger partial charge in [-0.2, -0.15) is 0 Å². The van der Waals surface area contributed by atoms with E-state index in [9.17, 15) is 9.59 Å². The SMILES string of the molecule is COc1ccc(N2CCN3C2=NC2C3C(=O)N(Cc3ccccc3Cl)C(=O)N2C)c(OC)c1. The summed E-state index contributed by atoms with van der Waals surface area (Å²) in [7, 11) is 4.88. The number of benzene rings is 2. The molecule has 9 nitrogen and oxygen atoms in total. The van der Waals surface area contributed by atoms with Crippen LogP contribution in [0, 0.1) is 0 Å². The molecule has 0 N–H and O–H groups in total. The number of nitrogens with zero attached hydrogens (tertiary/aromatic N) is 5. The van der Waals surface area contributed by atoms with Crippen LogP contribution in [-0.4, -0.2) is 79.2 Å². The van der Waals surface area contributed by atoms with Crippen LogP contribution in [0.15, 0.2) is 47.5 Å². The standard InChI is InChI=1S/C23H24ClN5O4/c1-26-20-19(21(30)29(23(26)31)13-14-6-4-5-7-16(14)24)28-11-10-27(22(28)25-20)17-9-8-15(32-2)12-18(17)33-3/h4-9,12,19-20H,10-11,13H2,1-3H3. The summed E-state index contributed by atoms with van der Waals surface area (Å²) in [5.41, 5.74) is 1.55. The van der Waals surface area contributed by atoms with Gasteiger partial charge in [0.25, 0.3) is 5.91 Å². The number of hydrogen-bond acceptors (Lipinski definition) is 7. The number of rotatable bonds is 5. The second-order valence-corrected chi connectivity index (χ2v) is 8.49. The second-order valence-electron chi connectivity index (χ2n) is 8.08. The molecule has 2 saturated heterocycles. The Balaban J connectivity index is 1.45. The number of amides is 3. The number of urea groups is 1. The van der Waals surface area contributed by atoms with Gasteiger partial charge in [0, 0.05) is 31.2 Å². The summed E-state index contributed by atoms with van der Waals surface area (Å²) in [5.74, 6) is 1.71. The first kappa shape index (κ1) is 21.4. The predicted molar refractivity (Wildman–Crippen MR) is 124 cm³/mol. The number of fused-ring (bicyclic) bond motifs is 3. The van der Waals surface area contributed by atoms with Crippen molar-refractivity contribution >= 4 is 35.2 Å². The number of methoxy groups -OCH3 is 2. The molecule has 3 aliphatic rings. The summed E-state index contributed by atoms with van der Waals surface area (Å²) in [6, 6.07) is 11.8. The number of carbonyl (C=O) groups excluding carboxylic acids is 2. The van der Waals surface area contributed by atoms with Gasteiger partial charge in [-0.1, -0.05) is 29.8 Å². The maximum atomic E-state index is 13.5. The van der Waals surface area contributed by atoms with E-state index in [2.05, 4.69) is 0 Å². The van der Waals surface area contributed by atoms with Gasteiger partial charge in [0.05, 0.1) is 26.5 Å². The van der Waals surface area contributed by atoms with Crippen molar-refractivity contribution in [3.8, 4) is 11.5 Å². The molecule has 2 atom stereocenters. The van der Waals surface area contributed by atoms with E-state index < -0.39 is 12.2 Å². The smallest absolute Gasteiger partial charge is 0.328 e. The number of aliphatic imine (C=N–C) groups is 1. The minimum absolute atomic E-state index is 0.115. The van der Waals surface area contributed by atoms with Crippen LogP contribution in [-0.2, 0) is 11.3 Å². The number of imide groups is 1. The third-order valence-electron chi connectivity index (χ3n) is 6.34. The molecule has 5 rings (SSSR count). The van der Waals surface area contributed by atoms with Gasteiger partial charge in [0.15, 0.2) is 12.2 Å². The van der Waals surface area contributed by atoms with E-state index in [1.54, 1.807) is 27.3 Å². The van der Waals surface area contributed by atoms with Crippen LogP contribution in [0.4, 0.5) is 10.5 Å². The summed E-state index contributed by atoms with van der Waals surface area (Å²) in [6.07, 6.45) is -0.588. The Morgan fingerprint density at radius 1 is 1.09 bits per heavy atom. The van der Waals surface area contributed by atoms with Crippen molar-refractivity contribution < 1.29 is 19.1 Å². The van der Waals surface area contributed by atoms with Crippen molar-refractivity contribution in [3.05, 3.63) is 53.1 Å². The summed E-state index contributed by atoms with van der Waals surface area (Å²) < 4.78 is 10.9. The molecule has 3 aliphatic heterocycles. The zero-order valence-electron chi connectivity index (χ0n) is 18.6. The minimum Gasteiger partial charge on any atom is -0.497 e. The highest BCUT2D eigenvalue weighted by molar-refractivity contribution is 6.31. The van der Waals surface area contributed by atoms with Crippen LogP contribution >= 0.6 is 11.6 Å². The molecule has 2 unspecified atom stereocenters. The number of hydrogen-bond donors (Lipinski definition) is 0. The Labute approximate surface area is 196 Å². The monoisotopic (exact) mass is 469 g/mol. The molecule has 0 saturated carbocycles. The second kappa shape index (κ2) is 8.15. The molecule has 2 aromatic carbocycles. The first-order valence-corrected chi connectivity index (χ1v) is 11.0. The van der Waals surface area contributed by atoms with Crippen molar-refractivity contribution in [1.82, 2.24) is 14.7 Å². The average Bonchev–Trinajstić information content (AvgIpc) is 3.40. The van der Waals surface area contributed by atoms with E-state index in [1.807, 2.05) is 46.2 Å². The van der Waals surface area contributed by atoms with E-state index in [4.69, 9.17) is 26.1 Å². The van der Waals surface area contributed by atoms with Gasteiger partial charge in [-0.25, -0.2) is 9.79 Å². The third-order valence-corrected chi connectivity index (χ3v) is 6.71. The molecular weight excluding hydrogens is 446 g/mol. The molecule has 10 heteroatoms. The topological polar surface area (TPSA) is 77.9 Å². The van der Waals surface area contributed by atoms with Crippen molar-refractivity contribution in [3.63, 3.8) is 0 Å². The lowest BCUT2D eigenvalue weighted by molar-refractivity contribution is -0.137. The summed E-state index contributed by atoms with van der Waals surface area (Å²) >= 11 is 6.29. The van der Waals surface area contributed by atoms with E-state index in [1.165, 1.54) is 9.80 Å². The van der Waals surface area contributed by atoms with Gasteiger partial charge in [0.1, 0.15) is 11.5 Å². The molecular formula is C23H24ClN5O4. The zero-order valence-corrected chi connectivity index (χ0v) is 19.3. The van der Waals surface area contributed by atoms with Crippen molar-refractivity contribution in [2.24, 2.45) is 4.99 Å². The lowest BCUT2D eigenvalue weighted by Gasteiger charge is -2.40. The lowest BCUT2D eigenvalue weighted by atomic mass is 10.1. The Hall–Kier alpha value is -3.46. The van der Waals surface area contributed by atoms with Crippen molar-refractivity contribution in [1.29, 1.82) is 0 Å². The zero-order chi connectivity index (χ0) is 23.3. The van der Waals surface area contributed by atoms with Crippen LogP contribution in [0.1, 0.15) is 5.56 Å². The molecule has 3 amide bonds. The predicted octanol–water partition coefficient (Wildman–Crippen LogP) is 2.64. The molecule has 2 fully saturated rings. The maximum absolute atomic E-state index is 13.5. The summed E-state index contributed by atoms with van der Waals surface area (Å²) in [6.45, 7) is 1.35. The number of ether oxygens (including phenoxy) is 2. The summed E-state index contributed by atoms with van der Waals surface area (Å²) in [5, 5.41) is 0.519.